The van der Waals surface area contributed by atoms with Crippen molar-refractivity contribution < 1.29 is 0 Å². The maximum absolute atomic E-state index is 8.81. The molecule has 0 fully saturated rings. The average Bonchev–Trinajstić information content (AvgIpc) is 2.39. The molecule has 78 valence electrons. The lowest BCUT2D eigenvalue weighted by molar-refractivity contribution is 1.16. The number of nitrogens with one attached hydrogen (secondary N) is 1. The summed E-state index contributed by atoms with van der Waals surface area (Å²) in [6, 6.07) is 11.3. The summed E-state index contributed by atoms with van der Waals surface area (Å²) in [5, 5.41) is 11.8. The van der Waals surface area contributed by atoms with Gasteiger partial charge in [-0.05, 0) is 12.1 Å². The number of hydrogen-bond donors (Lipinski definition) is 1. The number of benzene rings is 1. The maximum Gasteiger partial charge on any atom is 0.129 e. The predicted octanol–water partition coefficient (Wildman–Crippen LogP) is 2.06. The average molecular weight is 210 g/mol. The molecule has 0 aliphatic carbocycles. The lowest BCUT2D eigenvalue weighted by Gasteiger charge is -2.03. The molecular weight excluding hydrogens is 200 g/mol. The van der Waals surface area contributed by atoms with Gasteiger partial charge < -0.3 is 5.32 Å². The minimum absolute atomic E-state index is 0.627. The van der Waals surface area contributed by atoms with Crippen LogP contribution in [-0.2, 0) is 0 Å². The maximum atomic E-state index is 8.81. The molecule has 4 heteroatoms. The Labute approximate surface area is 93.6 Å². The van der Waals surface area contributed by atoms with Crippen molar-refractivity contribution in [1.82, 2.24) is 9.97 Å². The smallest absolute Gasteiger partial charge is 0.129 e. The summed E-state index contributed by atoms with van der Waals surface area (Å²) in [6.07, 6.45) is 1.50. The Bertz CT molecular complexity index is 543. The Morgan fingerprint density at radius 2 is 2.12 bits per heavy atom. The zero-order valence-corrected chi connectivity index (χ0v) is 8.81. The summed E-state index contributed by atoms with van der Waals surface area (Å²) in [5.41, 5.74) is 2.34. The first-order valence-electron chi connectivity index (χ1n) is 4.84. The number of anilines is 1. The summed E-state index contributed by atoms with van der Waals surface area (Å²) >= 11 is 0. The lowest BCUT2D eigenvalue weighted by atomic mass is 10.1. The van der Waals surface area contributed by atoms with Crippen LogP contribution in [0, 0.1) is 11.3 Å². The van der Waals surface area contributed by atoms with Crippen LogP contribution in [0.4, 0.5) is 5.82 Å². The Balaban J connectivity index is 2.46. The Morgan fingerprint density at radius 3 is 2.88 bits per heavy atom. The van der Waals surface area contributed by atoms with Crippen LogP contribution in [0.15, 0.2) is 36.7 Å². The Morgan fingerprint density at radius 1 is 1.25 bits per heavy atom. The molecule has 2 rings (SSSR count). The highest BCUT2D eigenvalue weighted by molar-refractivity contribution is 5.63. The van der Waals surface area contributed by atoms with Crippen LogP contribution in [-0.4, -0.2) is 17.0 Å². The van der Waals surface area contributed by atoms with E-state index in [0.717, 1.165) is 17.1 Å². The predicted molar refractivity (Wildman–Crippen MR) is 61.7 cm³/mol. The van der Waals surface area contributed by atoms with Crippen LogP contribution < -0.4 is 5.32 Å². The molecule has 0 amide bonds. The summed E-state index contributed by atoms with van der Waals surface area (Å²) < 4.78 is 0. The summed E-state index contributed by atoms with van der Waals surface area (Å²) in [5.74, 6) is 0.757. The highest BCUT2D eigenvalue weighted by Crippen LogP contribution is 2.19. The molecule has 0 unspecified atom stereocenters. The van der Waals surface area contributed by atoms with Crippen molar-refractivity contribution in [3.05, 3.63) is 42.2 Å². The van der Waals surface area contributed by atoms with E-state index in [4.69, 9.17) is 5.26 Å². The van der Waals surface area contributed by atoms with Gasteiger partial charge in [-0.25, -0.2) is 9.97 Å². The van der Waals surface area contributed by atoms with Crippen molar-refractivity contribution in [2.45, 2.75) is 0 Å². The van der Waals surface area contributed by atoms with E-state index in [1.54, 1.807) is 13.1 Å². The van der Waals surface area contributed by atoms with Gasteiger partial charge in [-0.15, -0.1) is 0 Å². The van der Waals surface area contributed by atoms with Crippen molar-refractivity contribution in [2.75, 3.05) is 12.4 Å². The van der Waals surface area contributed by atoms with E-state index >= 15 is 0 Å². The molecule has 0 saturated heterocycles. The summed E-state index contributed by atoms with van der Waals surface area (Å²) in [4.78, 5) is 8.21. The molecule has 0 spiro atoms. The molecule has 16 heavy (non-hydrogen) atoms. The number of aromatic nitrogens is 2. The van der Waals surface area contributed by atoms with Crippen molar-refractivity contribution >= 4 is 5.82 Å². The van der Waals surface area contributed by atoms with Gasteiger partial charge in [0, 0.05) is 18.7 Å². The van der Waals surface area contributed by atoms with Crippen LogP contribution >= 0.6 is 0 Å². The number of nitrogens with zero attached hydrogens (tertiary/aromatic N) is 3. The minimum atomic E-state index is 0.627. The molecular formula is C12H10N4. The fourth-order valence-corrected chi connectivity index (χ4v) is 1.40. The minimum Gasteiger partial charge on any atom is -0.373 e. The highest BCUT2D eigenvalue weighted by atomic mass is 15.0. The van der Waals surface area contributed by atoms with E-state index in [2.05, 4.69) is 21.4 Å². The van der Waals surface area contributed by atoms with E-state index < -0.39 is 0 Å². The number of hydrogen-bond acceptors (Lipinski definition) is 4. The zero-order chi connectivity index (χ0) is 11.4. The van der Waals surface area contributed by atoms with Crippen LogP contribution in [0.5, 0.6) is 0 Å². The van der Waals surface area contributed by atoms with Gasteiger partial charge in [0.2, 0.25) is 0 Å². The van der Waals surface area contributed by atoms with E-state index in [9.17, 15) is 0 Å². The first kappa shape index (κ1) is 10.1. The summed E-state index contributed by atoms with van der Waals surface area (Å²) in [6.45, 7) is 0. The van der Waals surface area contributed by atoms with Gasteiger partial charge in [0.1, 0.15) is 12.1 Å². The second-order valence-corrected chi connectivity index (χ2v) is 3.23. The molecule has 0 bridgehead atoms. The molecule has 0 radical (unpaired) electrons. The highest BCUT2D eigenvalue weighted by Gasteiger charge is 2.01. The largest absolute Gasteiger partial charge is 0.373 e. The monoisotopic (exact) mass is 210 g/mol. The van der Waals surface area contributed by atoms with E-state index in [0.29, 0.717) is 5.56 Å². The Hall–Kier alpha value is -2.41. The van der Waals surface area contributed by atoms with Gasteiger partial charge in [0.05, 0.1) is 17.3 Å². The fourth-order valence-electron chi connectivity index (χ4n) is 1.40. The first-order valence-corrected chi connectivity index (χ1v) is 4.84. The summed E-state index contributed by atoms with van der Waals surface area (Å²) in [7, 11) is 1.80. The SMILES string of the molecule is CNc1cc(-c2cccc(C#N)c2)ncn1. The molecule has 0 aliphatic heterocycles. The van der Waals surface area contributed by atoms with Crippen molar-refractivity contribution in [3.8, 4) is 17.3 Å². The van der Waals surface area contributed by atoms with Crippen LogP contribution in [0.2, 0.25) is 0 Å². The van der Waals surface area contributed by atoms with Crippen molar-refractivity contribution in [3.63, 3.8) is 0 Å². The Kier molecular flexibility index (Phi) is 2.79. The second-order valence-electron chi connectivity index (χ2n) is 3.23. The molecule has 1 aromatic heterocycles. The van der Waals surface area contributed by atoms with Gasteiger partial charge >= 0.3 is 0 Å². The molecule has 1 heterocycles. The third kappa shape index (κ3) is 1.98. The standard InChI is InChI=1S/C12H10N4/c1-14-12-6-11(15-8-16-12)10-4-2-3-9(5-10)7-13/h2-6,8H,1H3,(H,14,15,16). The van der Waals surface area contributed by atoms with Gasteiger partial charge in [0.15, 0.2) is 0 Å². The topological polar surface area (TPSA) is 61.6 Å². The molecule has 1 N–H and O–H groups in total. The van der Waals surface area contributed by atoms with Gasteiger partial charge in [0.25, 0.3) is 0 Å². The first-order chi connectivity index (χ1) is 7.83. The van der Waals surface area contributed by atoms with Gasteiger partial charge in [-0.1, -0.05) is 12.1 Å². The van der Waals surface area contributed by atoms with Crippen LogP contribution in [0.25, 0.3) is 11.3 Å². The van der Waals surface area contributed by atoms with Crippen molar-refractivity contribution in [2.24, 2.45) is 0 Å². The normalized spacial score (nSPS) is 9.50. The van der Waals surface area contributed by atoms with Crippen LogP contribution in [0.3, 0.4) is 0 Å². The third-order valence-electron chi connectivity index (χ3n) is 2.21. The van der Waals surface area contributed by atoms with E-state index in [1.807, 2.05) is 24.3 Å². The van der Waals surface area contributed by atoms with Gasteiger partial charge in [-0.2, -0.15) is 5.26 Å². The number of rotatable bonds is 2. The fraction of sp³-hybridized carbons (Fsp3) is 0.0833. The zero-order valence-electron chi connectivity index (χ0n) is 8.81. The quantitative estimate of drug-likeness (QED) is 0.824. The van der Waals surface area contributed by atoms with Crippen LogP contribution in [0.1, 0.15) is 5.56 Å². The molecule has 1 aromatic carbocycles. The van der Waals surface area contributed by atoms with Gasteiger partial charge in [-0.3, -0.25) is 0 Å². The third-order valence-corrected chi connectivity index (χ3v) is 2.21. The van der Waals surface area contributed by atoms with E-state index in [-0.39, 0.29) is 0 Å². The molecule has 2 aromatic rings. The molecule has 0 aliphatic rings. The number of nitriles is 1. The van der Waals surface area contributed by atoms with E-state index in [1.165, 1.54) is 6.33 Å². The molecule has 0 atom stereocenters. The lowest BCUT2D eigenvalue weighted by Crippen LogP contribution is -1.94. The second kappa shape index (κ2) is 4.41. The molecule has 0 saturated carbocycles. The van der Waals surface area contributed by atoms with Crippen molar-refractivity contribution in [1.29, 1.82) is 5.26 Å². The molecule has 4 nitrogen and oxygen atoms in total.